The summed E-state index contributed by atoms with van der Waals surface area (Å²) in [7, 11) is 0. The number of primary amides is 1. The van der Waals surface area contributed by atoms with Crippen LogP contribution in [0.25, 0.3) is 0 Å². The molecule has 0 aromatic rings. The Morgan fingerprint density at radius 3 is 2.36 bits per heavy atom. The number of amides is 2. The number of nitrogens with two attached hydrogens (primary N) is 1. The molecule has 1 aliphatic carbocycles. The number of carbonyl (C=O) groups is 2. The van der Waals surface area contributed by atoms with E-state index in [0.29, 0.717) is 12.5 Å². The first-order chi connectivity index (χ1) is 10.2. The van der Waals surface area contributed by atoms with Crippen molar-refractivity contribution >= 4 is 11.8 Å². The standard InChI is InChI=1S/C17H29N3O2/c1-11(2)9-13-15(17(13,3)4)16(22)19-12-5-7-20(8-6-12)10-14(18)21/h9,12-13,15H,5-8,10H2,1-4H3,(H2,18,21)(H,19,22)/t13-,15-/m0/s1. The van der Waals surface area contributed by atoms with Gasteiger partial charge in [-0.3, -0.25) is 14.5 Å². The lowest BCUT2D eigenvalue weighted by molar-refractivity contribution is -0.124. The summed E-state index contributed by atoms with van der Waals surface area (Å²) in [6.07, 6.45) is 4.00. The molecule has 0 aromatic heterocycles. The molecular formula is C17H29N3O2. The lowest BCUT2D eigenvalue weighted by atomic mass is 10.0. The van der Waals surface area contributed by atoms with E-state index in [0.717, 1.165) is 25.9 Å². The van der Waals surface area contributed by atoms with Crippen LogP contribution in [0.2, 0.25) is 0 Å². The molecule has 1 saturated heterocycles. The summed E-state index contributed by atoms with van der Waals surface area (Å²) >= 11 is 0. The average Bonchev–Trinajstić information content (AvgIpc) is 2.91. The van der Waals surface area contributed by atoms with Gasteiger partial charge in [0.25, 0.3) is 0 Å². The second-order valence-electron chi connectivity index (χ2n) is 7.59. The first kappa shape index (κ1) is 17.0. The van der Waals surface area contributed by atoms with Gasteiger partial charge in [-0.05, 0) is 38.0 Å². The highest BCUT2D eigenvalue weighted by Crippen LogP contribution is 2.59. The van der Waals surface area contributed by atoms with Crippen LogP contribution in [-0.2, 0) is 9.59 Å². The van der Waals surface area contributed by atoms with Crippen LogP contribution >= 0.6 is 0 Å². The minimum Gasteiger partial charge on any atom is -0.369 e. The number of likely N-dealkylation sites (tertiary alicyclic amines) is 1. The van der Waals surface area contributed by atoms with Gasteiger partial charge in [0.1, 0.15) is 0 Å². The molecule has 22 heavy (non-hydrogen) atoms. The molecule has 5 heteroatoms. The van der Waals surface area contributed by atoms with E-state index in [1.807, 2.05) is 0 Å². The molecule has 3 N–H and O–H groups in total. The summed E-state index contributed by atoms with van der Waals surface area (Å²) in [5, 5.41) is 3.20. The van der Waals surface area contributed by atoms with E-state index in [4.69, 9.17) is 5.73 Å². The normalized spacial score (nSPS) is 28.0. The zero-order chi connectivity index (χ0) is 16.5. The Labute approximate surface area is 133 Å². The Hall–Kier alpha value is -1.36. The van der Waals surface area contributed by atoms with Crippen molar-refractivity contribution < 1.29 is 9.59 Å². The molecule has 1 heterocycles. The lowest BCUT2D eigenvalue weighted by Gasteiger charge is -2.31. The van der Waals surface area contributed by atoms with Crippen LogP contribution < -0.4 is 11.1 Å². The number of piperidine rings is 1. The molecule has 2 rings (SSSR count). The Kier molecular flexibility index (Phi) is 4.95. The third kappa shape index (κ3) is 3.88. The van der Waals surface area contributed by atoms with E-state index in [2.05, 4.69) is 44.0 Å². The van der Waals surface area contributed by atoms with Gasteiger partial charge in [0, 0.05) is 19.1 Å². The van der Waals surface area contributed by atoms with Gasteiger partial charge in [-0.15, -0.1) is 0 Å². The number of hydrogen-bond donors (Lipinski definition) is 2. The molecule has 0 aromatic carbocycles. The number of allylic oxidation sites excluding steroid dienone is 2. The number of carbonyl (C=O) groups excluding carboxylic acids is 2. The summed E-state index contributed by atoms with van der Waals surface area (Å²) < 4.78 is 0. The molecule has 0 spiro atoms. The van der Waals surface area contributed by atoms with E-state index in [1.54, 1.807) is 0 Å². The second-order valence-corrected chi connectivity index (χ2v) is 7.59. The van der Waals surface area contributed by atoms with Crippen LogP contribution in [0.4, 0.5) is 0 Å². The molecule has 1 aliphatic heterocycles. The van der Waals surface area contributed by atoms with Crippen molar-refractivity contribution in [2.24, 2.45) is 23.0 Å². The van der Waals surface area contributed by atoms with Gasteiger partial charge in [0.15, 0.2) is 0 Å². The number of rotatable bonds is 5. The van der Waals surface area contributed by atoms with Crippen LogP contribution in [0, 0.1) is 17.3 Å². The third-order valence-electron chi connectivity index (χ3n) is 5.02. The predicted octanol–water partition coefficient (Wildman–Crippen LogP) is 1.29. The maximum atomic E-state index is 12.5. The van der Waals surface area contributed by atoms with Crippen LogP contribution in [0.1, 0.15) is 40.5 Å². The van der Waals surface area contributed by atoms with Crippen LogP contribution in [0.3, 0.4) is 0 Å². The molecule has 0 radical (unpaired) electrons. The number of nitrogens with zero attached hydrogens (tertiary/aromatic N) is 1. The van der Waals surface area contributed by atoms with Crippen molar-refractivity contribution in [3.05, 3.63) is 11.6 Å². The van der Waals surface area contributed by atoms with Gasteiger partial charge in [0.2, 0.25) is 11.8 Å². The first-order valence-electron chi connectivity index (χ1n) is 8.18. The van der Waals surface area contributed by atoms with Gasteiger partial charge in [-0.25, -0.2) is 0 Å². The summed E-state index contributed by atoms with van der Waals surface area (Å²) in [6, 6.07) is 0.223. The maximum Gasteiger partial charge on any atom is 0.231 e. The molecule has 1 saturated carbocycles. The SMILES string of the molecule is CC(C)=C[C@H]1[C@@H](C(=O)NC2CCN(CC(N)=O)CC2)C1(C)C. The molecule has 124 valence electrons. The monoisotopic (exact) mass is 307 g/mol. The third-order valence-corrected chi connectivity index (χ3v) is 5.02. The molecule has 0 unspecified atom stereocenters. The molecular weight excluding hydrogens is 278 g/mol. The summed E-state index contributed by atoms with van der Waals surface area (Å²) in [5.74, 6) is 0.339. The summed E-state index contributed by atoms with van der Waals surface area (Å²) in [5.41, 5.74) is 6.55. The molecule has 5 nitrogen and oxygen atoms in total. The Morgan fingerprint density at radius 2 is 1.86 bits per heavy atom. The van der Waals surface area contributed by atoms with Crippen molar-refractivity contribution in [1.82, 2.24) is 10.2 Å². The largest absolute Gasteiger partial charge is 0.369 e. The quantitative estimate of drug-likeness (QED) is 0.752. The molecule has 2 aliphatic rings. The van der Waals surface area contributed by atoms with Crippen LogP contribution in [0.15, 0.2) is 11.6 Å². The summed E-state index contributed by atoms with van der Waals surface area (Å²) in [6.45, 7) is 10.4. The Balaban J connectivity index is 1.82. The van der Waals surface area contributed by atoms with E-state index in [-0.39, 0.29) is 29.2 Å². The molecule has 2 fully saturated rings. The highest BCUT2D eigenvalue weighted by Gasteiger charge is 2.60. The predicted molar refractivity (Wildman–Crippen MR) is 87.0 cm³/mol. The smallest absolute Gasteiger partial charge is 0.231 e. The van der Waals surface area contributed by atoms with E-state index in [9.17, 15) is 9.59 Å². The fourth-order valence-electron chi connectivity index (χ4n) is 3.60. The molecule has 2 amide bonds. The van der Waals surface area contributed by atoms with E-state index >= 15 is 0 Å². The summed E-state index contributed by atoms with van der Waals surface area (Å²) in [4.78, 5) is 25.5. The molecule has 0 bridgehead atoms. The highest BCUT2D eigenvalue weighted by molar-refractivity contribution is 5.84. The van der Waals surface area contributed by atoms with E-state index < -0.39 is 0 Å². The zero-order valence-electron chi connectivity index (χ0n) is 14.2. The Morgan fingerprint density at radius 1 is 1.27 bits per heavy atom. The fourth-order valence-corrected chi connectivity index (χ4v) is 3.60. The van der Waals surface area contributed by atoms with Crippen LogP contribution in [-0.4, -0.2) is 42.4 Å². The number of hydrogen-bond acceptors (Lipinski definition) is 3. The first-order valence-corrected chi connectivity index (χ1v) is 8.18. The van der Waals surface area contributed by atoms with Gasteiger partial charge in [0.05, 0.1) is 12.5 Å². The maximum absolute atomic E-state index is 12.5. The molecule has 2 atom stereocenters. The lowest BCUT2D eigenvalue weighted by Crippen LogP contribution is -2.47. The van der Waals surface area contributed by atoms with Crippen molar-refractivity contribution in [1.29, 1.82) is 0 Å². The van der Waals surface area contributed by atoms with Gasteiger partial charge in [-0.2, -0.15) is 0 Å². The van der Waals surface area contributed by atoms with Crippen molar-refractivity contribution in [2.75, 3.05) is 19.6 Å². The van der Waals surface area contributed by atoms with Crippen LogP contribution in [0.5, 0.6) is 0 Å². The van der Waals surface area contributed by atoms with Gasteiger partial charge >= 0.3 is 0 Å². The topological polar surface area (TPSA) is 75.4 Å². The number of nitrogens with one attached hydrogen (secondary N) is 1. The highest BCUT2D eigenvalue weighted by atomic mass is 16.2. The minimum absolute atomic E-state index is 0.0635. The van der Waals surface area contributed by atoms with Gasteiger partial charge < -0.3 is 11.1 Å². The van der Waals surface area contributed by atoms with Crippen molar-refractivity contribution in [3.63, 3.8) is 0 Å². The van der Waals surface area contributed by atoms with Gasteiger partial charge in [-0.1, -0.05) is 25.5 Å². The second kappa shape index (κ2) is 6.41. The fraction of sp³-hybridized carbons (Fsp3) is 0.765. The zero-order valence-corrected chi connectivity index (χ0v) is 14.2. The van der Waals surface area contributed by atoms with Crippen molar-refractivity contribution in [3.8, 4) is 0 Å². The minimum atomic E-state index is -0.285. The Bertz CT molecular complexity index is 472. The van der Waals surface area contributed by atoms with E-state index in [1.165, 1.54) is 5.57 Å². The van der Waals surface area contributed by atoms with Crippen molar-refractivity contribution in [2.45, 2.75) is 46.6 Å². The average molecular weight is 307 g/mol.